The second kappa shape index (κ2) is 9.28. The number of hydrogen-bond donors (Lipinski definition) is 3. The molecule has 2 aromatic heterocycles. The highest BCUT2D eigenvalue weighted by atomic mass is 35.5. The first-order chi connectivity index (χ1) is 16.5. The summed E-state index contributed by atoms with van der Waals surface area (Å²) in [7, 11) is 0. The van der Waals surface area contributed by atoms with Gasteiger partial charge in [0.1, 0.15) is 23.0 Å². The number of halogens is 1. The van der Waals surface area contributed by atoms with Crippen molar-refractivity contribution in [2.24, 2.45) is 0 Å². The number of hydrogen-bond acceptors (Lipinski definition) is 9. The maximum absolute atomic E-state index is 12.5. The van der Waals surface area contributed by atoms with Crippen LogP contribution in [0.4, 0.5) is 23.1 Å². The molecule has 0 radical (unpaired) electrons. The van der Waals surface area contributed by atoms with E-state index >= 15 is 0 Å². The number of rotatable bonds is 7. The fraction of sp³-hybridized carbons (Fsp3) is 0.130. The Hall–Kier alpha value is -4.31. The first-order valence-corrected chi connectivity index (χ1v) is 10.7. The van der Waals surface area contributed by atoms with Gasteiger partial charge < -0.3 is 29.9 Å². The van der Waals surface area contributed by atoms with E-state index in [4.69, 9.17) is 25.6 Å². The number of nitrogens with zero attached hydrogens (tertiary/aromatic N) is 3. The fourth-order valence-electron chi connectivity index (χ4n) is 3.32. The summed E-state index contributed by atoms with van der Waals surface area (Å²) in [5, 5.41) is 13.4. The lowest BCUT2D eigenvalue weighted by Crippen LogP contribution is -2.22. The third kappa shape index (κ3) is 4.71. The van der Waals surface area contributed by atoms with E-state index in [2.05, 4.69) is 31.1 Å². The average Bonchev–Trinajstić information content (AvgIpc) is 3.49. The van der Waals surface area contributed by atoms with E-state index in [-0.39, 0.29) is 19.2 Å². The molecular formula is C23H19ClN6O4. The van der Waals surface area contributed by atoms with E-state index in [0.29, 0.717) is 56.7 Å². The van der Waals surface area contributed by atoms with Crippen LogP contribution in [0.5, 0.6) is 11.5 Å². The van der Waals surface area contributed by atoms with Gasteiger partial charge in [0, 0.05) is 23.5 Å². The molecule has 3 N–H and O–H groups in total. The van der Waals surface area contributed by atoms with Gasteiger partial charge in [-0.2, -0.15) is 4.98 Å². The molecule has 0 fully saturated rings. The van der Waals surface area contributed by atoms with Crippen LogP contribution in [0.25, 0.3) is 0 Å². The molecule has 0 spiro atoms. The number of anilines is 4. The molecule has 10 nitrogen and oxygen atoms in total. The van der Waals surface area contributed by atoms with Crippen LogP contribution in [0.15, 0.2) is 59.3 Å². The van der Waals surface area contributed by atoms with Crippen molar-refractivity contribution in [3.63, 3.8) is 0 Å². The highest BCUT2D eigenvalue weighted by Crippen LogP contribution is 2.44. The van der Waals surface area contributed by atoms with Crippen LogP contribution in [0.2, 0.25) is 5.02 Å². The van der Waals surface area contributed by atoms with Gasteiger partial charge in [0.05, 0.1) is 11.6 Å². The summed E-state index contributed by atoms with van der Waals surface area (Å²) in [6.07, 6.45) is 1.60. The summed E-state index contributed by atoms with van der Waals surface area (Å²) in [5.74, 6) is 2.41. The highest BCUT2D eigenvalue weighted by Gasteiger charge is 2.21. The van der Waals surface area contributed by atoms with Crippen molar-refractivity contribution in [1.82, 2.24) is 20.4 Å². The van der Waals surface area contributed by atoms with Gasteiger partial charge in [-0.25, -0.2) is 4.98 Å². The Morgan fingerprint density at radius 1 is 1.12 bits per heavy atom. The maximum Gasteiger partial charge on any atom is 0.251 e. The lowest BCUT2D eigenvalue weighted by molar-refractivity contribution is 0.0950. The van der Waals surface area contributed by atoms with Crippen LogP contribution in [-0.2, 0) is 6.54 Å². The van der Waals surface area contributed by atoms with Gasteiger partial charge >= 0.3 is 0 Å². The molecule has 0 saturated carbocycles. The molecule has 5 rings (SSSR count). The van der Waals surface area contributed by atoms with E-state index in [9.17, 15) is 4.79 Å². The summed E-state index contributed by atoms with van der Waals surface area (Å²) in [6.45, 7) is 2.19. The second-order valence-corrected chi connectivity index (χ2v) is 7.77. The fourth-order valence-corrected chi connectivity index (χ4v) is 3.52. The Kier molecular flexibility index (Phi) is 5.88. The van der Waals surface area contributed by atoms with E-state index in [0.717, 1.165) is 0 Å². The predicted molar refractivity (Wildman–Crippen MR) is 125 cm³/mol. The van der Waals surface area contributed by atoms with Crippen molar-refractivity contribution >= 4 is 40.6 Å². The van der Waals surface area contributed by atoms with Crippen LogP contribution < -0.4 is 25.4 Å². The van der Waals surface area contributed by atoms with Crippen LogP contribution >= 0.6 is 11.6 Å². The summed E-state index contributed by atoms with van der Waals surface area (Å²) in [6, 6.07) is 13.9. The van der Waals surface area contributed by atoms with Gasteiger partial charge in [-0.3, -0.25) is 4.79 Å². The number of fused-ring (bicyclic) bond motifs is 1. The van der Waals surface area contributed by atoms with Crippen molar-refractivity contribution in [3.8, 4) is 11.5 Å². The SMILES string of the molecule is Cc1cc(CNC(=O)c2cccc(Nc3nccc(Nc4c(Cl)ccc5c4OCO5)n3)c2)no1. The first kappa shape index (κ1) is 21.5. The molecule has 1 aliphatic heterocycles. The predicted octanol–water partition coefficient (Wildman–Crippen LogP) is 4.57. The minimum absolute atomic E-state index is 0.128. The van der Waals surface area contributed by atoms with Gasteiger partial charge in [0.2, 0.25) is 12.7 Å². The van der Waals surface area contributed by atoms with E-state index in [1.165, 1.54) is 0 Å². The summed E-state index contributed by atoms with van der Waals surface area (Å²) >= 11 is 6.34. The lowest BCUT2D eigenvalue weighted by Gasteiger charge is -2.12. The quantitative estimate of drug-likeness (QED) is 0.350. The summed E-state index contributed by atoms with van der Waals surface area (Å²) in [4.78, 5) is 21.3. The number of aryl methyl sites for hydroxylation is 1. The van der Waals surface area contributed by atoms with Crippen molar-refractivity contribution in [2.75, 3.05) is 17.4 Å². The molecule has 1 amide bonds. The Morgan fingerprint density at radius 2 is 2.03 bits per heavy atom. The third-order valence-electron chi connectivity index (χ3n) is 4.88. The molecule has 0 saturated heterocycles. The number of aromatic nitrogens is 3. The molecule has 4 aromatic rings. The molecule has 11 heteroatoms. The molecule has 0 aliphatic carbocycles. The molecular weight excluding hydrogens is 460 g/mol. The molecule has 34 heavy (non-hydrogen) atoms. The number of carbonyl (C=O) groups is 1. The largest absolute Gasteiger partial charge is 0.454 e. The second-order valence-electron chi connectivity index (χ2n) is 7.36. The number of benzene rings is 2. The minimum atomic E-state index is -0.240. The average molecular weight is 479 g/mol. The van der Waals surface area contributed by atoms with Crippen molar-refractivity contribution in [1.29, 1.82) is 0 Å². The van der Waals surface area contributed by atoms with Crippen molar-refractivity contribution < 1.29 is 18.8 Å². The number of amides is 1. The molecule has 0 bridgehead atoms. The molecule has 0 unspecified atom stereocenters. The topological polar surface area (TPSA) is 123 Å². The number of ether oxygens (including phenoxy) is 2. The first-order valence-electron chi connectivity index (χ1n) is 10.3. The van der Waals surface area contributed by atoms with Crippen LogP contribution in [-0.4, -0.2) is 27.8 Å². The molecule has 0 atom stereocenters. The number of carbonyl (C=O) groups excluding carboxylic acids is 1. The van der Waals surface area contributed by atoms with Crippen LogP contribution in [0, 0.1) is 6.92 Å². The zero-order valence-corrected chi connectivity index (χ0v) is 18.7. The van der Waals surface area contributed by atoms with Gasteiger partial charge in [0.25, 0.3) is 5.91 Å². The zero-order valence-electron chi connectivity index (χ0n) is 18.0. The maximum atomic E-state index is 12.5. The molecule has 2 aromatic carbocycles. The number of nitrogens with one attached hydrogen (secondary N) is 3. The van der Waals surface area contributed by atoms with Crippen LogP contribution in [0.1, 0.15) is 21.8 Å². The van der Waals surface area contributed by atoms with Gasteiger partial charge in [-0.1, -0.05) is 22.8 Å². The Labute approximate surface area is 199 Å². The zero-order chi connectivity index (χ0) is 23.5. The molecule has 172 valence electrons. The van der Waals surface area contributed by atoms with Crippen molar-refractivity contribution in [3.05, 3.63) is 76.8 Å². The van der Waals surface area contributed by atoms with Crippen molar-refractivity contribution in [2.45, 2.75) is 13.5 Å². The van der Waals surface area contributed by atoms with Crippen LogP contribution in [0.3, 0.4) is 0 Å². The standard InChI is InChI=1S/C23H19ClN6O4/c1-13-9-16(30-34-13)11-26-22(31)14-3-2-4-15(10-14)27-23-25-8-7-19(29-23)28-20-17(24)5-6-18-21(20)33-12-32-18/h2-10H,11-12H2,1H3,(H,26,31)(H2,25,27,28,29). The highest BCUT2D eigenvalue weighted by molar-refractivity contribution is 6.33. The van der Waals surface area contributed by atoms with E-state index in [1.807, 2.05) is 6.07 Å². The Bertz CT molecular complexity index is 1360. The minimum Gasteiger partial charge on any atom is -0.454 e. The Balaban J connectivity index is 1.28. The summed E-state index contributed by atoms with van der Waals surface area (Å²) < 4.78 is 15.9. The third-order valence-corrected chi connectivity index (χ3v) is 5.20. The lowest BCUT2D eigenvalue weighted by atomic mass is 10.2. The van der Waals surface area contributed by atoms with Gasteiger partial charge in [0.15, 0.2) is 11.5 Å². The Morgan fingerprint density at radius 3 is 2.88 bits per heavy atom. The van der Waals surface area contributed by atoms with E-state index < -0.39 is 0 Å². The van der Waals surface area contributed by atoms with E-state index in [1.54, 1.807) is 55.6 Å². The molecule has 3 heterocycles. The summed E-state index contributed by atoms with van der Waals surface area (Å²) in [5.41, 5.74) is 2.34. The smallest absolute Gasteiger partial charge is 0.251 e. The monoisotopic (exact) mass is 478 g/mol. The molecule has 1 aliphatic rings. The van der Waals surface area contributed by atoms with Gasteiger partial charge in [-0.15, -0.1) is 0 Å². The van der Waals surface area contributed by atoms with Gasteiger partial charge in [-0.05, 0) is 43.3 Å². The normalized spacial score (nSPS) is 11.8.